The minimum absolute atomic E-state index is 0.250. The summed E-state index contributed by atoms with van der Waals surface area (Å²) >= 11 is 1.62. The number of benzene rings is 1. The lowest BCUT2D eigenvalue weighted by molar-refractivity contribution is 0.0575. The summed E-state index contributed by atoms with van der Waals surface area (Å²) in [6.07, 6.45) is 0.491. The van der Waals surface area contributed by atoms with Crippen molar-refractivity contribution in [1.29, 1.82) is 0 Å². The molecule has 0 aliphatic rings. The predicted octanol–water partition coefficient (Wildman–Crippen LogP) is 3.65. The van der Waals surface area contributed by atoms with Gasteiger partial charge in [-0.25, -0.2) is 4.39 Å². The maximum atomic E-state index is 12.8. The van der Waals surface area contributed by atoms with Gasteiger partial charge in [-0.2, -0.15) is 0 Å². The van der Waals surface area contributed by atoms with Crippen molar-refractivity contribution in [2.75, 3.05) is 0 Å². The van der Waals surface area contributed by atoms with Gasteiger partial charge in [0.2, 0.25) is 0 Å². The zero-order valence-corrected chi connectivity index (χ0v) is 10.7. The molecule has 17 heavy (non-hydrogen) atoms. The van der Waals surface area contributed by atoms with Gasteiger partial charge in [-0.1, -0.05) is 12.1 Å². The molecule has 1 N–H and O–H groups in total. The van der Waals surface area contributed by atoms with E-state index in [1.807, 2.05) is 18.4 Å². The zero-order chi connectivity index (χ0) is 12.5. The van der Waals surface area contributed by atoms with E-state index in [0.29, 0.717) is 6.42 Å². The predicted molar refractivity (Wildman–Crippen MR) is 68.7 cm³/mol. The van der Waals surface area contributed by atoms with E-state index in [1.54, 1.807) is 30.4 Å². The van der Waals surface area contributed by atoms with Crippen LogP contribution < -0.4 is 0 Å². The fourth-order valence-corrected chi connectivity index (χ4v) is 2.86. The molecule has 1 atom stereocenters. The summed E-state index contributed by atoms with van der Waals surface area (Å²) in [6.45, 7) is 3.80. The van der Waals surface area contributed by atoms with Gasteiger partial charge in [-0.05, 0) is 48.6 Å². The molecule has 1 heterocycles. The smallest absolute Gasteiger partial charge is 0.123 e. The first-order chi connectivity index (χ1) is 7.99. The van der Waals surface area contributed by atoms with Crippen LogP contribution in [0.2, 0.25) is 0 Å². The van der Waals surface area contributed by atoms with Crippen molar-refractivity contribution in [1.82, 2.24) is 0 Å². The maximum absolute atomic E-state index is 12.8. The van der Waals surface area contributed by atoms with Crippen molar-refractivity contribution in [2.45, 2.75) is 25.9 Å². The molecule has 2 aromatic rings. The summed E-state index contributed by atoms with van der Waals surface area (Å²) < 4.78 is 12.8. The number of aliphatic hydroxyl groups is 1. The molecule has 1 nitrogen and oxygen atoms in total. The molecular weight excluding hydrogens is 235 g/mol. The third kappa shape index (κ3) is 2.73. The van der Waals surface area contributed by atoms with Gasteiger partial charge in [0.05, 0.1) is 5.60 Å². The second-order valence-corrected chi connectivity index (χ2v) is 5.59. The number of hydrogen-bond acceptors (Lipinski definition) is 2. The van der Waals surface area contributed by atoms with Crippen molar-refractivity contribution in [3.63, 3.8) is 0 Å². The molecule has 0 saturated carbocycles. The van der Waals surface area contributed by atoms with Crippen LogP contribution in [0, 0.1) is 12.7 Å². The molecule has 0 saturated heterocycles. The minimum atomic E-state index is -0.901. The van der Waals surface area contributed by atoms with Crippen LogP contribution in [0.25, 0.3) is 0 Å². The van der Waals surface area contributed by atoms with E-state index >= 15 is 0 Å². The van der Waals surface area contributed by atoms with Crippen LogP contribution in [0.15, 0.2) is 35.7 Å². The SMILES string of the molecule is Cc1sccc1C(C)(O)Cc1ccc(F)cc1. The molecule has 0 radical (unpaired) electrons. The van der Waals surface area contributed by atoms with Crippen molar-refractivity contribution in [2.24, 2.45) is 0 Å². The lowest BCUT2D eigenvalue weighted by Crippen LogP contribution is -2.24. The normalized spacial score (nSPS) is 14.6. The summed E-state index contributed by atoms with van der Waals surface area (Å²) in [7, 11) is 0. The summed E-state index contributed by atoms with van der Waals surface area (Å²) in [6, 6.07) is 8.22. The second kappa shape index (κ2) is 4.59. The van der Waals surface area contributed by atoms with Gasteiger partial charge in [-0.3, -0.25) is 0 Å². The molecule has 1 aromatic heterocycles. The van der Waals surface area contributed by atoms with Gasteiger partial charge in [-0.15, -0.1) is 11.3 Å². The average molecular weight is 250 g/mol. The first-order valence-corrected chi connectivity index (χ1v) is 6.38. The first kappa shape index (κ1) is 12.3. The maximum Gasteiger partial charge on any atom is 0.123 e. The Bertz CT molecular complexity index is 499. The van der Waals surface area contributed by atoms with E-state index in [0.717, 1.165) is 16.0 Å². The second-order valence-electron chi connectivity index (χ2n) is 4.47. The van der Waals surface area contributed by atoms with E-state index in [-0.39, 0.29) is 5.82 Å². The third-order valence-electron chi connectivity index (χ3n) is 2.90. The van der Waals surface area contributed by atoms with Gasteiger partial charge in [0.25, 0.3) is 0 Å². The highest BCUT2D eigenvalue weighted by atomic mass is 32.1. The van der Waals surface area contributed by atoms with Crippen molar-refractivity contribution < 1.29 is 9.50 Å². The monoisotopic (exact) mass is 250 g/mol. The molecule has 0 bridgehead atoms. The topological polar surface area (TPSA) is 20.2 Å². The standard InChI is InChI=1S/C14H15FOS/c1-10-13(7-8-17-10)14(2,16)9-11-3-5-12(15)6-4-11/h3-8,16H,9H2,1-2H3. The molecule has 0 fully saturated rings. The van der Waals surface area contributed by atoms with E-state index in [9.17, 15) is 9.50 Å². The number of rotatable bonds is 3. The quantitative estimate of drug-likeness (QED) is 0.881. The molecule has 3 heteroatoms. The Balaban J connectivity index is 2.23. The van der Waals surface area contributed by atoms with Crippen LogP contribution in [0.3, 0.4) is 0 Å². The van der Waals surface area contributed by atoms with Crippen LogP contribution in [0.5, 0.6) is 0 Å². The van der Waals surface area contributed by atoms with Gasteiger partial charge in [0, 0.05) is 11.3 Å². The molecule has 1 aromatic carbocycles. The Morgan fingerprint density at radius 3 is 2.41 bits per heavy atom. The highest BCUT2D eigenvalue weighted by molar-refractivity contribution is 7.10. The van der Waals surface area contributed by atoms with E-state index in [1.165, 1.54) is 12.1 Å². The molecule has 0 amide bonds. The summed E-state index contributed by atoms with van der Waals surface area (Å²) in [5.41, 5.74) is 0.982. The van der Waals surface area contributed by atoms with E-state index in [4.69, 9.17) is 0 Å². The van der Waals surface area contributed by atoms with E-state index < -0.39 is 5.60 Å². The largest absolute Gasteiger partial charge is 0.385 e. The number of halogens is 1. The van der Waals surface area contributed by atoms with Gasteiger partial charge in [0.15, 0.2) is 0 Å². The summed E-state index contributed by atoms with van der Waals surface area (Å²) in [5, 5.41) is 12.5. The Morgan fingerprint density at radius 1 is 1.24 bits per heavy atom. The van der Waals surface area contributed by atoms with Crippen LogP contribution in [0.4, 0.5) is 4.39 Å². The Kier molecular flexibility index (Phi) is 3.31. The van der Waals surface area contributed by atoms with Crippen LogP contribution in [0.1, 0.15) is 22.9 Å². The van der Waals surface area contributed by atoms with Crippen LogP contribution in [-0.2, 0) is 12.0 Å². The lowest BCUT2D eigenvalue weighted by atomic mass is 9.89. The number of thiophene rings is 1. The molecule has 2 rings (SSSR count). The molecule has 90 valence electrons. The molecular formula is C14H15FOS. The highest BCUT2D eigenvalue weighted by Gasteiger charge is 2.25. The fraction of sp³-hybridized carbons (Fsp3) is 0.286. The minimum Gasteiger partial charge on any atom is -0.385 e. The number of hydrogen-bond donors (Lipinski definition) is 1. The third-order valence-corrected chi connectivity index (χ3v) is 3.75. The Labute approximate surface area is 105 Å². The van der Waals surface area contributed by atoms with Crippen LogP contribution >= 0.6 is 11.3 Å². The molecule has 1 unspecified atom stereocenters. The Hall–Kier alpha value is -1.19. The lowest BCUT2D eigenvalue weighted by Gasteiger charge is -2.23. The zero-order valence-electron chi connectivity index (χ0n) is 9.90. The number of aryl methyl sites for hydroxylation is 1. The van der Waals surface area contributed by atoms with Gasteiger partial charge >= 0.3 is 0 Å². The van der Waals surface area contributed by atoms with Crippen molar-refractivity contribution in [3.8, 4) is 0 Å². The highest BCUT2D eigenvalue weighted by Crippen LogP contribution is 2.30. The first-order valence-electron chi connectivity index (χ1n) is 5.50. The van der Waals surface area contributed by atoms with Crippen molar-refractivity contribution in [3.05, 3.63) is 57.5 Å². The molecule has 0 aliphatic carbocycles. The van der Waals surface area contributed by atoms with Crippen LogP contribution in [-0.4, -0.2) is 5.11 Å². The Morgan fingerprint density at radius 2 is 1.88 bits per heavy atom. The van der Waals surface area contributed by atoms with Gasteiger partial charge in [0.1, 0.15) is 5.82 Å². The van der Waals surface area contributed by atoms with E-state index in [2.05, 4.69) is 0 Å². The molecule has 0 spiro atoms. The van der Waals surface area contributed by atoms with Gasteiger partial charge < -0.3 is 5.11 Å². The average Bonchev–Trinajstić information content (AvgIpc) is 2.68. The summed E-state index contributed by atoms with van der Waals surface area (Å²) in [4.78, 5) is 1.12. The summed E-state index contributed by atoms with van der Waals surface area (Å²) in [5.74, 6) is -0.250. The van der Waals surface area contributed by atoms with Crippen molar-refractivity contribution >= 4 is 11.3 Å². The molecule has 0 aliphatic heterocycles. The fourth-order valence-electron chi connectivity index (χ4n) is 2.04.